The molecule has 2 aromatic heterocycles. The molecule has 0 unspecified atom stereocenters. The fourth-order valence-electron chi connectivity index (χ4n) is 2.91. The van der Waals surface area contributed by atoms with Crippen LogP contribution < -0.4 is 4.90 Å². The second-order valence-electron chi connectivity index (χ2n) is 6.09. The van der Waals surface area contributed by atoms with Crippen LogP contribution >= 0.6 is 0 Å². The number of pyridine rings is 1. The summed E-state index contributed by atoms with van der Waals surface area (Å²) in [4.78, 5) is 10.7. The van der Waals surface area contributed by atoms with Crippen LogP contribution in [0.1, 0.15) is 49.2 Å². The van der Waals surface area contributed by atoms with Crippen molar-refractivity contribution in [1.82, 2.24) is 15.1 Å². The Bertz CT molecular complexity index is 749. The van der Waals surface area contributed by atoms with E-state index in [-0.39, 0.29) is 12.2 Å². The maximum absolute atomic E-state index is 9.26. The Hall–Kier alpha value is -2.46. The third-order valence-electron chi connectivity index (χ3n) is 4.17. The van der Waals surface area contributed by atoms with Crippen molar-refractivity contribution in [2.24, 2.45) is 0 Å². The molecule has 0 N–H and O–H groups in total. The molecule has 0 spiro atoms. The second-order valence-corrected chi connectivity index (χ2v) is 6.09. The molecule has 0 aromatic carbocycles. The molecule has 1 aliphatic carbocycles. The van der Waals surface area contributed by atoms with E-state index in [4.69, 9.17) is 9.26 Å². The first kappa shape index (κ1) is 14.2. The predicted octanol–water partition coefficient (Wildman–Crippen LogP) is 2.18. The van der Waals surface area contributed by atoms with Gasteiger partial charge in [-0.25, -0.2) is 4.98 Å². The van der Waals surface area contributed by atoms with E-state index in [1.807, 2.05) is 19.1 Å². The molecule has 0 radical (unpaired) electrons. The molecule has 23 heavy (non-hydrogen) atoms. The van der Waals surface area contributed by atoms with Crippen LogP contribution in [0.2, 0.25) is 0 Å². The van der Waals surface area contributed by atoms with Gasteiger partial charge in [0, 0.05) is 18.7 Å². The Morgan fingerprint density at radius 1 is 1.35 bits per heavy atom. The Balaban J connectivity index is 1.58. The van der Waals surface area contributed by atoms with Gasteiger partial charge in [-0.05, 0) is 31.9 Å². The summed E-state index contributed by atoms with van der Waals surface area (Å²) >= 11 is 0. The molecule has 2 atom stereocenters. The largest absolute Gasteiger partial charge is 0.363 e. The van der Waals surface area contributed by atoms with Crippen LogP contribution in [0.5, 0.6) is 0 Å². The zero-order valence-electron chi connectivity index (χ0n) is 12.8. The zero-order valence-corrected chi connectivity index (χ0v) is 12.8. The SMILES string of the molecule is C[C@@H]1CN(c2cccnc2C#N)C[C@H](c2nc(C3CC3)no2)O1. The number of nitriles is 1. The van der Waals surface area contributed by atoms with Crippen LogP contribution in [-0.4, -0.2) is 34.3 Å². The molecule has 2 fully saturated rings. The molecule has 7 heteroatoms. The smallest absolute Gasteiger partial charge is 0.257 e. The van der Waals surface area contributed by atoms with Crippen LogP contribution in [0.15, 0.2) is 22.9 Å². The monoisotopic (exact) mass is 311 g/mol. The highest BCUT2D eigenvalue weighted by Crippen LogP contribution is 2.39. The molecule has 1 aliphatic heterocycles. The van der Waals surface area contributed by atoms with Gasteiger partial charge in [0.15, 0.2) is 17.6 Å². The number of nitrogens with zero attached hydrogens (tertiary/aromatic N) is 5. The van der Waals surface area contributed by atoms with Gasteiger partial charge in [0.05, 0.1) is 18.3 Å². The van der Waals surface area contributed by atoms with Crippen LogP contribution in [-0.2, 0) is 4.74 Å². The molecular formula is C16H17N5O2. The molecule has 0 amide bonds. The van der Waals surface area contributed by atoms with E-state index in [9.17, 15) is 5.26 Å². The Morgan fingerprint density at radius 3 is 3.00 bits per heavy atom. The number of hydrogen-bond acceptors (Lipinski definition) is 7. The van der Waals surface area contributed by atoms with Crippen molar-refractivity contribution < 1.29 is 9.26 Å². The average Bonchev–Trinajstić information content (AvgIpc) is 3.31. The van der Waals surface area contributed by atoms with Crippen molar-refractivity contribution in [2.75, 3.05) is 18.0 Å². The minimum atomic E-state index is -0.287. The third-order valence-corrected chi connectivity index (χ3v) is 4.17. The van der Waals surface area contributed by atoms with Crippen LogP contribution in [0.3, 0.4) is 0 Å². The van der Waals surface area contributed by atoms with Gasteiger partial charge in [-0.2, -0.15) is 10.2 Å². The highest BCUT2D eigenvalue weighted by atomic mass is 16.5. The van der Waals surface area contributed by atoms with Gasteiger partial charge >= 0.3 is 0 Å². The van der Waals surface area contributed by atoms with E-state index in [0.717, 1.165) is 24.4 Å². The van der Waals surface area contributed by atoms with Crippen molar-refractivity contribution in [2.45, 2.75) is 37.9 Å². The van der Waals surface area contributed by atoms with Crippen molar-refractivity contribution in [1.29, 1.82) is 5.26 Å². The van der Waals surface area contributed by atoms with E-state index in [1.165, 1.54) is 0 Å². The second kappa shape index (κ2) is 5.63. The summed E-state index contributed by atoms with van der Waals surface area (Å²) in [5, 5.41) is 13.3. The van der Waals surface area contributed by atoms with E-state index < -0.39 is 0 Å². The summed E-state index contributed by atoms with van der Waals surface area (Å²) in [6.07, 6.45) is 3.61. The van der Waals surface area contributed by atoms with Gasteiger partial charge in [-0.1, -0.05) is 5.16 Å². The van der Waals surface area contributed by atoms with Crippen molar-refractivity contribution in [3.63, 3.8) is 0 Å². The van der Waals surface area contributed by atoms with Crippen LogP contribution in [0, 0.1) is 11.3 Å². The topological polar surface area (TPSA) is 88.1 Å². The van der Waals surface area contributed by atoms with Crippen LogP contribution in [0.25, 0.3) is 0 Å². The van der Waals surface area contributed by atoms with E-state index in [2.05, 4.69) is 26.1 Å². The van der Waals surface area contributed by atoms with E-state index in [0.29, 0.717) is 30.6 Å². The summed E-state index contributed by atoms with van der Waals surface area (Å²) in [5.74, 6) is 1.76. The van der Waals surface area contributed by atoms with E-state index >= 15 is 0 Å². The normalized spacial score (nSPS) is 24.4. The molecule has 7 nitrogen and oxygen atoms in total. The molecule has 4 rings (SSSR count). The van der Waals surface area contributed by atoms with Gasteiger partial charge in [0.25, 0.3) is 5.89 Å². The van der Waals surface area contributed by atoms with Gasteiger partial charge in [0.2, 0.25) is 0 Å². The summed E-state index contributed by atoms with van der Waals surface area (Å²) in [6.45, 7) is 3.26. The molecule has 2 aliphatic rings. The standard InChI is InChI=1S/C16H17N5O2/c1-10-8-21(13-3-2-6-18-12(13)7-17)9-14(22-10)16-19-15(20-23-16)11-4-5-11/h2-3,6,10-11,14H,4-5,8-9H2,1H3/t10-,14-/m1/s1. The molecule has 1 saturated carbocycles. The highest BCUT2D eigenvalue weighted by Gasteiger charge is 2.34. The van der Waals surface area contributed by atoms with E-state index in [1.54, 1.807) is 6.20 Å². The van der Waals surface area contributed by atoms with Gasteiger partial charge in [-0.3, -0.25) is 0 Å². The summed E-state index contributed by atoms with van der Waals surface area (Å²) in [6, 6.07) is 5.89. The number of ether oxygens (including phenoxy) is 1. The average molecular weight is 311 g/mol. The van der Waals surface area contributed by atoms with Crippen LogP contribution in [0.4, 0.5) is 5.69 Å². The lowest BCUT2D eigenvalue weighted by molar-refractivity contribution is -0.0331. The molecule has 2 aromatic rings. The third kappa shape index (κ3) is 2.78. The first-order valence-corrected chi connectivity index (χ1v) is 7.83. The molecule has 0 bridgehead atoms. The first-order valence-electron chi connectivity index (χ1n) is 7.83. The fraction of sp³-hybridized carbons (Fsp3) is 0.500. The predicted molar refractivity (Wildman–Crippen MR) is 80.7 cm³/mol. The Labute approximate surface area is 133 Å². The Morgan fingerprint density at radius 2 is 2.22 bits per heavy atom. The summed E-state index contributed by atoms with van der Waals surface area (Å²) in [5.41, 5.74) is 1.24. The number of morpholine rings is 1. The number of anilines is 1. The number of rotatable bonds is 3. The minimum Gasteiger partial charge on any atom is -0.363 e. The highest BCUT2D eigenvalue weighted by molar-refractivity contribution is 5.56. The Kier molecular flexibility index (Phi) is 3.46. The lowest BCUT2D eigenvalue weighted by Gasteiger charge is -2.36. The number of aromatic nitrogens is 3. The summed E-state index contributed by atoms with van der Waals surface area (Å²) in [7, 11) is 0. The molecule has 118 valence electrons. The molecule has 1 saturated heterocycles. The fourth-order valence-corrected chi connectivity index (χ4v) is 2.91. The molecular weight excluding hydrogens is 294 g/mol. The van der Waals surface area contributed by atoms with Crippen molar-refractivity contribution in [3.05, 3.63) is 35.7 Å². The van der Waals surface area contributed by atoms with Crippen molar-refractivity contribution in [3.8, 4) is 6.07 Å². The molecule has 3 heterocycles. The summed E-state index contributed by atoms with van der Waals surface area (Å²) < 4.78 is 11.4. The maximum Gasteiger partial charge on any atom is 0.257 e. The quantitative estimate of drug-likeness (QED) is 0.858. The van der Waals surface area contributed by atoms with Gasteiger partial charge in [0.1, 0.15) is 6.07 Å². The minimum absolute atomic E-state index is 0.00299. The van der Waals surface area contributed by atoms with Crippen molar-refractivity contribution >= 4 is 5.69 Å². The lowest BCUT2D eigenvalue weighted by atomic mass is 10.1. The first-order chi connectivity index (χ1) is 11.2. The number of hydrogen-bond donors (Lipinski definition) is 0. The lowest BCUT2D eigenvalue weighted by Crippen LogP contribution is -2.43. The maximum atomic E-state index is 9.26. The zero-order chi connectivity index (χ0) is 15.8. The van der Waals surface area contributed by atoms with Gasteiger partial charge in [-0.15, -0.1) is 0 Å². The van der Waals surface area contributed by atoms with Gasteiger partial charge < -0.3 is 14.2 Å².